The Morgan fingerprint density at radius 1 is 0.976 bits per heavy atom. The number of hydrogen-bond donors (Lipinski definition) is 2. The largest absolute Gasteiger partial charge is 0.493 e. The van der Waals surface area contributed by atoms with Crippen LogP contribution in [0.5, 0.6) is 5.75 Å². The molecule has 1 fully saturated rings. The number of fused-ring (bicyclic) bond motifs is 1. The van der Waals surface area contributed by atoms with Crippen molar-refractivity contribution in [2.75, 3.05) is 19.7 Å². The Hall–Kier alpha value is -2.55. The van der Waals surface area contributed by atoms with E-state index in [1.807, 2.05) is 30.3 Å². The fourth-order valence-corrected chi connectivity index (χ4v) is 7.27. The van der Waals surface area contributed by atoms with Crippen LogP contribution in [-0.2, 0) is 23.0 Å². The van der Waals surface area contributed by atoms with Gasteiger partial charge in [0.25, 0.3) is 0 Å². The molecule has 0 aliphatic carbocycles. The first-order valence-corrected chi connectivity index (χ1v) is 16.4. The zero-order valence-electron chi connectivity index (χ0n) is 23.1. The normalized spacial score (nSPS) is 18.2. The number of rotatable bonds is 11. The van der Waals surface area contributed by atoms with Crippen molar-refractivity contribution < 1.29 is 13.2 Å². The number of likely N-dealkylation sites (tertiary alicyclic amines) is 1. The highest BCUT2D eigenvalue weighted by molar-refractivity contribution is 7.89. The molecule has 2 N–H and O–H groups in total. The molecule has 0 unspecified atom stereocenters. The van der Waals surface area contributed by atoms with Crippen LogP contribution in [-0.4, -0.2) is 39.1 Å². The summed E-state index contributed by atoms with van der Waals surface area (Å²) in [7, 11) is -3.85. The second-order valence-corrected chi connectivity index (χ2v) is 13.5. The van der Waals surface area contributed by atoms with E-state index in [4.69, 9.17) is 27.9 Å². The smallest absolute Gasteiger partial charge is 0.240 e. The average Bonchev–Trinajstić information content (AvgIpc) is 2.95. The first-order valence-electron chi connectivity index (χ1n) is 14.2. The maximum atomic E-state index is 13.3. The number of halogens is 2. The van der Waals surface area contributed by atoms with Crippen molar-refractivity contribution >= 4 is 33.2 Å². The minimum atomic E-state index is -3.85. The molecule has 41 heavy (non-hydrogen) atoms. The number of benzene rings is 3. The van der Waals surface area contributed by atoms with Gasteiger partial charge in [0, 0.05) is 36.7 Å². The Kier molecular flexibility index (Phi) is 9.94. The van der Waals surface area contributed by atoms with E-state index in [1.54, 1.807) is 0 Å². The molecule has 218 valence electrons. The molecule has 2 aliphatic rings. The first-order chi connectivity index (χ1) is 19.8. The van der Waals surface area contributed by atoms with Crippen molar-refractivity contribution in [3.63, 3.8) is 0 Å². The van der Waals surface area contributed by atoms with Crippen LogP contribution in [0.1, 0.15) is 54.8 Å². The molecule has 0 radical (unpaired) electrons. The second kappa shape index (κ2) is 13.6. The summed E-state index contributed by atoms with van der Waals surface area (Å²) in [6, 6.07) is 20.3. The van der Waals surface area contributed by atoms with Gasteiger partial charge < -0.3 is 10.1 Å². The number of hydrogen-bond acceptors (Lipinski definition) is 5. The van der Waals surface area contributed by atoms with Gasteiger partial charge in [-0.3, -0.25) is 4.90 Å². The molecule has 0 saturated carbocycles. The standard InChI is InChI=1S/C32H37Cl2N3O3S/c1-23(35-31-14-17-40-32-20-25(10-12-28(31)32)22-37-15-6-3-7-16-37)18-26(19-24-8-4-2-5-9-24)36-41(38,39)27-11-13-29(33)30(34)21-27/h2,4-5,8-13,20-21,26,31,35-36H,1,3,6-7,14-19,22H2/t26-,31-/m1/s1. The Morgan fingerprint density at radius 3 is 2.51 bits per heavy atom. The van der Waals surface area contributed by atoms with Gasteiger partial charge in [0.15, 0.2) is 0 Å². The summed E-state index contributed by atoms with van der Waals surface area (Å²) in [5.41, 5.74) is 4.17. The second-order valence-electron chi connectivity index (χ2n) is 10.9. The first kappa shape index (κ1) is 29.9. The molecule has 0 spiro atoms. The lowest BCUT2D eigenvalue weighted by Gasteiger charge is -2.31. The van der Waals surface area contributed by atoms with E-state index in [1.165, 1.54) is 43.0 Å². The van der Waals surface area contributed by atoms with E-state index in [9.17, 15) is 8.42 Å². The molecular formula is C32H37Cl2N3O3S. The lowest BCUT2D eigenvalue weighted by molar-refractivity contribution is 0.219. The van der Waals surface area contributed by atoms with Crippen LogP contribution in [0, 0.1) is 0 Å². The molecule has 0 aromatic heterocycles. The van der Waals surface area contributed by atoms with Gasteiger partial charge in [-0.1, -0.05) is 78.7 Å². The molecule has 5 rings (SSSR count). The Balaban J connectivity index is 1.28. The van der Waals surface area contributed by atoms with E-state index >= 15 is 0 Å². The third-order valence-electron chi connectivity index (χ3n) is 7.69. The van der Waals surface area contributed by atoms with Crippen molar-refractivity contribution in [3.05, 3.63) is 106 Å². The van der Waals surface area contributed by atoms with Crippen molar-refractivity contribution in [3.8, 4) is 5.75 Å². The molecule has 9 heteroatoms. The molecule has 3 aromatic rings. The summed E-state index contributed by atoms with van der Waals surface area (Å²) in [5, 5.41) is 4.07. The van der Waals surface area contributed by atoms with Gasteiger partial charge in [-0.2, -0.15) is 0 Å². The van der Waals surface area contributed by atoms with Gasteiger partial charge in [0.05, 0.1) is 27.6 Å². The minimum Gasteiger partial charge on any atom is -0.493 e. The fraction of sp³-hybridized carbons (Fsp3) is 0.375. The molecular weight excluding hydrogens is 577 g/mol. The van der Waals surface area contributed by atoms with Crippen LogP contribution in [0.25, 0.3) is 0 Å². The summed E-state index contributed by atoms with van der Waals surface area (Å²) >= 11 is 12.1. The van der Waals surface area contributed by atoms with Gasteiger partial charge in [0.1, 0.15) is 5.75 Å². The number of nitrogens with zero attached hydrogens (tertiary/aromatic N) is 1. The van der Waals surface area contributed by atoms with Crippen LogP contribution in [0.15, 0.2) is 83.9 Å². The van der Waals surface area contributed by atoms with Gasteiger partial charge in [-0.15, -0.1) is 0 Å². The zero-order chi connectivity index (χ0) is 28.8. The van der Waals surface area contributed by atoms with Crippen molar-refractivity contribution in [2.45, 2.75) is 62.0 Å². The summed E-state index contributed by atoms with van der Waals surface area (Å²) < 4.78 is 35.6. The van der Waals surface area contributed by atoms with Gasteiger partial charge in [0.2, 0.25) is 10.0 Å². The van der Waals surface area contributed by atoms with E-state index in [-0.39, 0.29) is 16.0 Å². The zero-order valence-corrected chi connectivity index (χ0v) is 25.4. The van der Waals surface area contributed by atoms with Crippen LogP contribution in [0.4, 0.5) is 0 Å². The molecule has 2 heterocycles. The minimum absolute atomic E-state index is 0.0411. The number of sulfonamides is 1. The maximum absolute atomic E-state index is 13.3. The molecule has 6 nitrogen and oxygen atoms in total. The summed E-state index contributed by atoms with van der Waals surface area (Å²) in [5.74, 6) is 0.914. The summed E-state index contributed by atoms with van der Waals surface area (Å²) in [6.07, 6.45) is 5.58. The van der Waals surface area contributed by atoms with Crippen LogP contribution in [0.2, 0.25) is 10.0 Å². The lowest BCUT2D eigenvalue weighted by atomic mass is 9.97. The topological polar surface area (TPSA) is 70.7 Å². The van der Waals surface area contributed by atoms with Crippen molar-refractivity contribution in [2.24, 2.45) is 0 Å². The fourth-order valence-electron chi connectivity index (χ4n) is 5.65. The molecule has 2 atom stereocenters. The van der Waals surface area contributed by atoms with Crippen molar-refractivity contribution in [1.82, 2.24) is 14.9 Å². The number of piperidine rings is 1. The third kappa shape index (κ3) is 8.05. The molecule has 0 bridgehead atoms. The maximum Gasteiger partial charge on any atom is 0.240 e. The monoisotopic (exact) mass is 613 g/mol. The Morgan fingerprint density at radius 2 is 1.76 bits per heavy atom. The molecule has 1 saturated heterocycles. The molecule has 3 aromatic carbocycles. The van der Waals surface area contributed by atoms with Gasteiger partial charge in [-0.25, -0.2) is 13.1 Å². The highest BCUT2D eigenvalue weighted by Crippen LogP contribution is 2.34. The van der Waals surface area contributed by atoms with E-state index in [0.717, 1.165) is 48.6 Å². The van der Waals surface area contributed by atoms with Crippen LogP contribution in [0.3, 0.4) is 0 Å². The number of nitrogens with one attached hydrogen (secondary N) is 2. The van der Waals surface area contributed by atoms with E-state index in [0.29, 0.717) is 24.5 Å². The number of ether oxygens (including phenoxy) is 1. The Labute approximate surface area is 253 Å². The highest BCUT2D eigenvalue weighted by Gasteiger charge is 2.26. The third-order valence-corrected chi connectivity index (χ3v) is 9.95. The van der Waals surface area contributed by atoms with Crippen LogP contribution < -0.4 is 14.8 Å². The van der Waals surface area contributed by atoms with Crippen molar-refractivity contribution in [1.29, 1.82) is 0 Å². The predicted octanol–water partition coefficient (Wildman–Crippen LogP) is 6.89. The predicted molar refractivity (Wildman–Crippen MR) is 166 cm³/mol. The molecule has 2 aliphatic heterocycles. The van der Waals surface area contributed by atoms with Gasteiger partial charge >= 0.3 is 0 Å². The lowest BCUT2D eigenvalue weighted by Crippen LogP contribution is -2.38. The SMILES string of the molecule is C=C(C[C@H](Cc1ccccc1)NS(=O)(=O)c1ccc(Cl)c(Cl)c1)N[C@@H]1CCOc2cc(CN3CCCCC3)ccc21. The van der Waals surface area contributed by atoms with Gasteiger partial charge in [-0.05, 0) is 67.7 Å². The van der Waals surface area contributed by atoms with E-state index in [2.05, 4.69) is 39.7 Å². The molecule has 0 amide bonds. The Bertz CT molecular complexity index is 1460. The van der Waals surface area contributed by atoms with E-state index < -0.39 is 16.1 Å². The summed E-state index contributed by atoms with van der Waals surface area (Å²) in [4.78, 5) is 2.58. The van der Waals surface area contributed by atoms with Crippen LogP contribution >= 0.6 is 23.2 Å². The summed E-state index contributed by atoms with van der Waals surface area (Å²) in [6.45, 7) is 8.16. The average molecular weight is 615 g/mol. The quantitative estimate of drug-likeness (QED) is 0.246. The highest BCUT2D eigenvalue weighted by atomic mass is 35.5.